The second kappa shape index (κ2) is 9.51. The van der Waals surface area contributed by atoms with Crippen LogP contribution in [0.25, 0.3) is 17.1 Å². The van der Waals surface area contributed by atoms with Crippen molar-refractivity contribution in [1.82, 2.24) is 14.8 Å². The van der Waals surface area contributed by atoms with Crippen LogP contribution in [-0.4, -0.2) is 26.4 Å². The van der Waals surface area contributed by atoms with Gasteiger partial charge in [-0.05, 0) is 72.8 Å². The van der Waals surface area contributed by atoms with Gasteiger partial charge in [0.2, 0.25) is 5.91 Å². The molecule has 0 radical (unpaired) electrons. The van der Waals surface area contributed by atoms with E-state index in [-0.39, 0.29) is 17.5 Å². The van der Waals surface area contributed by atoms with Gasteiger partial charge in [-0.25, -0.2) is 4.39 Å². The molecule has 3 aromatic carbocycles. The molecule has 0 saturated heterocycles. The third kappa shape index (κ3) is 5.25. The molecule has 1 amide bonds. The van der Waals surface area contributed by atoms with E-state index in [1.165, 1.54) is 23.9 Å². The van der Waals surface area contributed by atoms with Gasteiger partial charge in [-0.3, -0.25) is 9.36 Å². The molecule has 0 fully saturated rings. The quantitative estimate of drug-likeness (QED) is 0.343. The number of aromatic nitrogens is 3. The van der Waals surface area contributed by atoms with Gasteiger partial charge in [-0.2, -0.15) is 0 Å². The molecule has 1 heterocycles. The van der Waals surface area contributed by atoms with Gasteiger partial charge in [0.05, 0.1) is 5.75 Å². The van der Waals surface area contributed by atoms with Crippen LogP contribution >= 0.6 is 35.0 Å². The molecule has 156 valence electrons. The van der Waals surface area contributed by atoms with Crippen LogP contribution in [0.3, 0.4) is 0 Å². The molecular weight excluding hydrogens is 458 g/mol. The minimum absolute atomic E-state index is 0.114. The van der Waals surface area contributed by atoms with E-state index in [1.54, 1.807) is 53.1 Å². The zero-order valence-electron chi connectivity index (χ0n) is 15.9. The molecule has 0 aliphatic heterocycles. The summed E-state index contributed by atoms with van der Waals surface area (Å²) in [6.45, 7) is 0. The highest BCUT2D eigenvalue weighted by molar-refractivity contribution is 7.99. The second-order valence-corrected chi connectivity index (χ2v) is 8.28. The average molecular weight is 473 g/mol. The van der Waals surface area contributed by atoms with Crippen molar-refractivity contribution in [3.8, 4) is 17.1 Å². The number of rotatable bonds is 6. The van der Waals surface area contributed by atoms with Crippen molar-refractivity contribution in [2.45, 2.75) is 5.16 Å². The highest BCUT2D eigenvalue weighted by Gasteiger charge is 2.17. The van der Waals surface area contributed by atoms with Crippen LogP contribution in [0.2, 0.25) is 10.0 Å². The molecule has 0 atom stereocenters. The Morgan fingerprint density at radius 1 is 0.903 bits per heavy atom. The molecule has 5 nitrogen and oxygen atoms in total. The highest BCUT2D eigenvalue weighted by atomic mass is 35.5. The number of carbonyl (C=O) groups excluding carboxylic acids is 1. The molecule has 0 spiro atoms. The fourth-order valence-electron chi connectivity index (χ4n) is 2.83. The highest BCUT2D eigenvalue weighted by Crippen LogP contribution is 2.29. The van der Waals surface area contributed by atoms with E-state index >= 15 is 0 Å². The molecule has 1 aromatic heterocycles. The summed E-state index contributed by atoms with van der Waals surface area (Å²) < 4.78 is 15.2. The summed E-state index contributed by atoms with van der Waals surface area (Å²) in [5, 5.41) is 13.1. The minimum atomic E-state index is -0.346. The van der Waals surface area contributed by atoms with Crippen LogP contribution in [-0.2, 0) is 4.79 Å². The maximum Gasteiger partial charge on any atom is 0.234 e. The molecule has 4 rings (SSSR count). The Kier molecular flexibility index (Phi) is 6.56. The second-order valence-electron chi connectivity index (χ2n) is 6.47. The first-order chi connectivity index (χ1) is 15.0. The Labute approximate surface area is 192 Å². The van der Waals surface area contributed by atoms with Crippen molar-refractivity contribution in [3.63, 3.8) is 0 Å². The normalized spacial score (nSPS) is 10.8. The number of hydrogen-bond acceptors (Lipinski definition) is 4. The SMILES string of the molecule is O=C(CSc1nnc(-c2ccc(Cl)cc2)n1-c1ccc(F)cc1)Nc1ccc(Cl)cc1. The van der Waals surface area contributed by atoms with Crippen molar-refractivity contribution in [2.75, 3.05) is 11.1 Å². The summed E-state index contributed by atoms with van der Waals surface area (Å²) >= 11 is 13.1. The van der Waals surface area contributed by atoms with E-state index in [4.69, 9.17) is 23.2 Å². The van der Waals surface area contributed by atoms with Gasteiger partial charge in [0.1, 0.15) is 5.82 Å². The summed E-state index contributed by atoms with van der Waals surface area (Å²) in [4.78, 5) is 12.4. The lowest BCUT2D eigenvalue weighted by Crippen LogP contribution is -2.14. The van der Waals surface area contributed by atoms with Crippen molar-refractivity contribution in [3.05, 3.63) is 88.7 Å². The van der Waals surface area contributed by atoms with Crippen molar-refractivity contribution in [2.24, 2.45) is 0 Å². The average Bonchev–Trinajstić information content (AvgIpc) is 3.19. The minimum Gasteiger partial charge on any atom is -0.325 e. The number of carbonyl (C=O) groups is 1. The first kappa shape index (κ1) is 21.4. The van der Waals surface area contributed by atoms with Crippen LogP contribution in [0.4, 0.5) is 10.1 Å². The summed E-state index contributed by atoms with van der Waals surface area (Å²) in [5.41, 5.74) is 2.12. The van der Waals surface area contributed by atoms with Crippen LogP contribution in [0, 0.1) is 5.82 Å². The van der Waals surface area contributed by atoms with Crippen molar-refractivity contribution >= 4 is 46.6 Å². The van der Waals surface area contributed by atoms with E-state index in [2.05, 4.69) is 15.5 Å². The van der Waals surface area contributed by atoms with Crippen LogP contribution in [0.1, 0.15) is 0 Å². The molecule has 9 heteroatoms. The van der Waals surface area contributed by atoms with Gasteiger partial charge in [-0.1, -0.05) is 35.0 Å². The summed E-state index contributed by atoms with van der Waals surface area (Å²) in [6, 6.07) is 20.0. The van der Waals surface area contributed by atoms with Gasteiger partial charge >= 0.3 is 0 Å². The van der Waals surface area contributed by atoms with Crippen LogP contribution in [0.15, 0.2) is 78.0 Å². The Hall–Kier alpha value is -2.87. The lowest BCUT2D eigenvalue weighted by Gasteiger charge is -2.11. The predicted molar refractivity (Wildman–Crippen MR) is 123 cm³/mol. The van der Waals surface area contributed by atoms with E-state index in [9.17, 15) is 9.18 Å². The lowest BCUT2D eigenvalue weighted by molar-refractivity contribution is -0.113. The Morgan fingerprint density at radius 2 is 1.52 bits per heavy atom. The van der Waals surface area contributed by atoms with E-state index < -0.39 is 0 Å². The van der Waals surface area contributed by atoms with E-state index in [0.29, 0.717) is 32.4 Å². The summed E-state index contributed by atoms with van der Waals surface area (Å²) in [7, 11) is 0. The molecule has 0 aliphatic rings. The summed E-state index contributed by atoms with van der Waals surface area (Å²) in [5.74, 6) is 0.127. The first-order valence-electron chi connectivity index (χ1n) is 9.15. The molecule has 0 aliphatic carbocycles. The number of halogens is 3. The van der Waals surface area contributed by atoms with E-state index in [0.717, 1.165) is 5.56 Å². The maximum absolute atomic E-state index is 13.5. The molecule has 31 heavy (non-hydrogen) atoms. The van der Waals surface area contributed by atoms with Crippen LogP contribution in [0.5, 0.6) is 0 Å². The molecule has 1 N–H and O–H groups in total. The van der Waals surface area contributed by atoms with Gasteiger partial charge in [0, 0.05) is 27.0 Å². The van der Waals surface area contributed by atoms with Gasteiger partial charge in [0.25, 0.3) is 0 Å². The molecular formula is C22H15Cl2FN4OS. The maximum atomic E-state index is 13.5. The predicted octanol–water partition coefficient (Wildman–Crippen LogP) is 6.11. The molecule has 0 saturated carbocycles. The lowest BCUT2D eigenvalue weighted by atomic mass is 10.2. The number of hydrogen-bond donors (Lipinski definition) is 1. The number of benzene rings is 3. The van der Waals surface area contributed by atoms with Crippen LogP contribution < -0.4 is 5.32 Å². The molecule has 4 aromatic rings. The third-order valence-corrected chi connectivity index (χ3v) is 5.71. The van der Waals surface area contributed by atoms with Gasteiger partial charge in [-0.15, -0.1) is 10.2 Å². The van der Waals surface area contributed by atoms with Crippen molar-refractivity contribution < 1.29 is 9.18 Å². The van der Waals surface area contributed by atoms with Gasteiger partial charge < -0.3 is 5.32 Å². The number of anilines is 1. The largest absolute Gasteiger partial charge is 0.325 e. The van der Waals surface area contributed by atoms with Gasteiger partial charge in [0.15, 0.2) is 11.0 Å². The smallest absolute Gasteiger partial charge is 0.234 e. The number of amides is 1. The molecule has 0 bridgehead atoms. The monoisotopic (exact) mass is 472 g/mol. The topological polar surface area (TPSA) is 59.8 Å². The first-order valence-corrected chi connectivity index (χ1v) is 10.9. The zero-order chi connectivity index (χ0) is 21.8. The standard InChI is InChI=1S/C22H15Cl2FN4OS/c23-15-3-1-14(2-4-15)21-27-28-22(29(21)19-11-7-17(25)8-12-19)31-13-20(30)26-18-9-5-16(24)6-10-18/h1-12H,13H2,(H,26,30). The number of nitrogens with one attached hydrogen (secondary N) is 1. The summed E-state index contributed by atoms with van der Waals surface area (Å²) in [6.07, 6.45) is 0. The Bertz CT molecular complexity index is 1200. The third-order valence-electron chi connectivity index (χ3n) is 4.28. The van der Waals surface area contributed by atoms with E-state index in [1.807, 2.05) is 12.1 Å². The Balaban J connectivity index is 1.59. The number of nitrogens with zero attached hydrogens (tertiary/aromatic N) is 3. The zero-order valence-corrected chi connectivity index (χ0v) is 18.3. The number of thioether (sulfide) groups is 1. The fraction of sp³-hybridized carbons (Fsp3) is 0.0455. The molecule has 0 unspecified atom stereocenters. The van der Waals surface area contributed by atoms with Crippen molar-refractivity contribution in [1.29, 1.82) is 0 Å². The fourth-order valence-corrected chi connectivity index (χ4v) is 3.84. The Morgan fingerprint density at radius 3 is 2.16 bits per heavy atom.